The number of nitrogens with zero attached hydrogens (tertiary/aromatic N) is 3. The molecule has 0 aliphatic heterocycles. The molecule has 0 atom stereocenters. The van der Waals surface area contributed by atoms with E-state index in [0.717, 1.165) is 11.6 Å². The van der Waals surface area contributed by atoms with E-state index in [4.69, 9.17) is 5.73 Å². The zero-order chi connectivity index (χ0) is 24.7. The van der Waals surface area contributed by atoms with Crippen LogP contribution in [0.15, 0.2) is 54.9 Å². The number of benzene rings is 2. The van der Waals surface area contributed by atoms with E-state index >= 15 is 0 Å². The van der Waals surface area contributed by atoms with Crippen LogP contribution in [-0.4, -0.2) is 26.1 Å². The molecule has 34 heavy (non-hydrogen) atoms. The minimum atomic E-state index is -5.02. The summed E-state index contributed by atoms with van der Waals surface area (Å²) in [5.74, 6) is -1.21. The molecule has 4 rings (SSSR count). The van der Waals surface area contributed by atoms with Gasteiger partial charge in [0.2, 0.25) is 5.91 Å². The average molecular weight is 477 g/mol. The van der Waals surface area contributed by atoms with Crippen LogP contribution in [0.25, 0.3) is 33.9 Å². The number of hydrogen-bond acceptors (Lipinski definition) is 4. The van der Waals surface area contributed by atoms with E-state index in [9.17, 15) is 31.1 Å². The van der Waals surface area contributed by atoms with Crippen molar-refractivity contribution in [3.05, 3.63) is 77.2 Å². The number of amides is 1. The highest BCUT2D eigenvalue weighted by molar-refractivity contribution is 6.23. The standard InChI is InChI=1S/C22H13F6N5O/c23-21(24,25)14-5-13(6-15(8-14)22(26,27)28)20-30-4-3-16(32-20)9-17(19(29)34)11-1-2-12-10-31-33-18(12)7-11/h1-10H,(H2,29,34)(H,31,33)/b17-9+. The Balaban J connectivity index is 1.81. The van der Waals surface area contributed by atoms with E-state index in [2.05, 4.69) is 20.2 Å². The monoisotopic (exact) mass is 477 g/mol. The zero-order valence-corrected chi connectivity index (χ0v) is 16.9. The first kappa shape index (κ1) is 23.0. The van der Waals surface area contributed by atoms with Crippen LogP contribution in [0.1, 0.15) is 22.4 Å². The summed E-state index contributed by atoms with van der Waals surface area (Å²) in [5.41, 5.74) is 3.11. The van der Waals surface area contributed by atoms with Crippen LogP contribution in [0, 0.1) is 0 Å². The summed E-state index contributed by atoms with van der Waals surface area (Å²) >= 11 is 0. The molecule has 2 aromatic heterocycles. The Kier molecular flexibility index (Phi) is 5.59. The van der Waals surface area contributed by atoms with Crippen LogP contribution < -0.4 is 5.73 Å². The topological polar surface area (TPSA) is 97.6 Å². The molecule has 3 N–H and O–H groups in total. The lowest BCUT2D eigenvalue weighted by Gasteiger charge is -2.14. The molecule has 0 radical (unpaired) electrons. The summed E-state index contributed by atoms with van der Waals surface area (Å²) < 4.78 is 79.1. The smallest absolute Gasteiger partial charge is 0.366 e. The van der Waals surface area contributed by atoms with Crippen molar-refractivity contribution in [2.75, 3.05) is 0 Å². The highest BCUT2D eigenvalue weighted by atomic mass is 19.4. The normalized spacial score (nSPS) is 12.8. The molecule has 0 unspecified atom stereocenters. The second-order valence-corrected chi connectivity index (χ2v) is 7.19. The van der Waals surface area contributed by atoms with Crippen LogP contribution in [0.5, 0.6) is 0 Å². The maximum atomic E-state index is 13.2. The van der Waals surface area contributed by atoms with Crippen molar-refractivity contribution in [1.29, 1.82) is 0 Å². The molecule has 0 spiro atoms. The summed E-state index contributed by atoms with van der Waals surface area (Å²) in [4.78, 5) is 19.9. The Hall–Kier alpha value is -4.22. The van der Waals surface area contributed by atoms with Gasteiger partial charge in [0.1, 0.15) is 0 Å². The Labute approximate surface area is 187 Å². The molecule has 0 fully saturated rings. The van der Waals surface area contributed by atoms with Gasteiger partial charge in [-0.3, -0.25) is 9.89 Å². The Morgan fingerprint density at radius 2 is 1.62 bits per heavy atom. The summed E-state index contributed by atoms with van der Waals surface area (Å²) in [6.07, 6.45) is -6.04. The molecule has 2 aromatic carbocycles. The summed E-state index contributed by atoms with van der Waals surface area (Å²) in [7, 11) is 0. The summed E-state index contributed by atoms with van der Waals surface area (Å²) in [6, 6.07) is 7.32. The molecule has 2 heterocycles. The number of carbonyl (C=O) groups is 1. The van der Waals surface area contributed by atoms with Crippen molar-refractivity contribution < 1.29 is 31.1 Å². The maximum absolute atomic E-state index is 13.2. The third-order valence-electron chi connectivity index (χ3n) is 4.83. The van der Waals surface area contributed by atoms with Gasteiger partial charge in [-0.2, -0.15) is 31.4 Å². The number of alkyl halides is 6. The highest BCUT2D eigenvalue weighted by Crippen LogP contribution is 2.38. The third kappa shape index (κ3) is 4.75. The first-order chi connectivity index (χ1) is 15.9. The fourth-order valence-corrected chi connectivity index (χ4v) is 3.23. The van der Waals surface area contributed by atoms with Crippen molar-refractivity contribution in [1.82, 2.24) is 20.2 Å². The number of nitrogens with one attached hydrogen (secondary N) is 1. The SMILES string of the molecule is NC(=O)/C(=C/c1ccnc(-c2cc(C(F)(F)F)cc(C(F)(F)F)c2)n1)c1ccc2cn[nH]c2c1. The Bertz CT molecular complexity index is 1390. The largest absolute Gasteiger partial charge is 0.416 e. The van der Waals surface area contributed by atoms with E-state index < -0.39 is 40.8 Å². The molecule has 6 nitrogen and oxygen atoms in total. The maximum Gasteiger partial charge on any atom is 0.416 e. The highest BCUT2D eigenvalue weighted by Gasteiger charge is 2.37. The quantitative estimate of drug-likeness (QED) is 0.316. The van der Waals surface area contributed by atoms with Gasteiger partial charge in [0.05, 0.1) is 28.5 Å². The first-order valence-corrected chi connectivity index (χ1v) is 9.50. The van der Waals surface area contributed by atoms with Crippen molar-refractivity contribution in [3.63, 3.8) is 0 Å². The Morgan fingerprint density at radius 3 is 2.24 bits per heavy atom. The molecule has 1 amide bonds. The van der Waals surface area contributed by atoms with Gasteiger partial charge in [0.15, 0.2) is 5.82 Å². The fourth-order valence-electron chi connectivity index (χ4n) is 3.23. The molecular formula is C22H13F6N5O. The zero-order valence-electron chi connectivity index (χ0n) is 16.9. The van der Waals surface area contributed by atoms with Gasteiger partial charge in [-0.15, -0.1) is 0 Å². The lowest BCUT2D eigenvalue weighted by atomic mass is 10.0. The van der Waals surface area contributed by atoms with Crippen LogP contribution in [0.3, 0.4) is 0 Å². The molecule has 174 valence electrons. The van der Waals surface area contributed by atoms with Crippen molar-refractivity contribution in [2.45, 2.75) is 12.4 Å². The first-order valence-electron chi connectivity index (χ1n) is 9.50. The van der Waals surface area contributed by atoms with E-state index in [1.165, 1.54) is 12.1 Å². The fraction of sp³-hybridized carbons (Fsp3) is 0.0909. The lowest BCUT2D eigenvalue weighted by Crippen LogP contribution is -2.13. The number of nitrogens with two attached hydrogens (primary N) is 1. The minimum Gasteiger partial charge on any atom is -0.366 e. The number of aromatic amines is 1. The number of aromatic nitrogens is 4. The van der Waals surface area contributed by atoms with Gasteiger partial charge in [-0.25, -0.2) is 9.97 Å². The van der Waals surface area contributed by atoms with Gasteiger partial charge in [-0.05, 0) is 42.0 Å². The van der Waals surface area contributed by atoms with E-state index in [0.29, 0.717) is 23.2 Å². The number of rotatable bonds is 4. The molecule has 0 saturated carbocycles. The van der Waals surface area contributed by atoms with Crippen LogP contribution >= 0.6 is 0 Å². The molecule has 12 heteroatoms. The number of carbonyl (C=O) groups excluding carboxylic acids is 1. The number of hydrogen-bond donors (Lipinski definition) is 2. The number of primary amides is 1. The van der Waals surface area contributed by atoms with Crippen molar-refractivity contribution in [3.8, 4) is 11.4 Å². The van der Waals surface area contributed by atoms with Gasteiger partial charge < -0.3 is 5.73 Å². The van der Waals surface area contributed by atoms with Gasteiger partial charge >= 0.3 is 12.4 Å². The number of halogens is 6. The molecule has 4 aromatic rings. The van der Waals surface area contributed by atoms with Gasteiger partial charge in [0, 0.05) is 22.7 Å². The average Bonchev–Trinajstić information content (AvgIpc) is 3.24. The second-order valence-electron chi connectivity index (χ2n) is 7.19. The van der Waals surface area contributed by atoms with E-state index in [-0.39, 0.29) is 17.3 Å². The molecule has 0 saturated heterocycles. The van der Waals surface area contributed by atoms with E-state index in [1.54, 1.807) is 24.4 Å². The number of H-pyrrole nitrogens is 1. The predicted octanol–water partition coefficient (Wildman–Crippen LogP) is 5.08. The molecular weight excluding hydrogens is 464 g/mol. The minimum absolute atomic E-state index is 0.0150. The predicted molar refractivity (Wildman–Crippen MR) is 111 cm³/mol. The Morgan fingerprint density at radius 1 is 0.941 bits per heavy atom. The molecule has 0 bridgehead atoms. The second kappa shape index (κ2) is 8.28. The van der Waals surface area contributed by atoms with Crippen LogP contribution in [-0.2, 0) is 17.1 Å². The van der Waals surface area contributed by atoms with Gasteiger partial charge in [-0.1, -0.05) is 12.1 Å². The summed E-state index contributed by atoms with van der Waals surface area (Å²) in [5, 5.41) is 7.41. The van der Waals surface area contributed by atoms with E-state index in [1.807, 2.05) is 0 Å². The molecule has 0 aliphatic rings. The number of fused-ring (bicyclic) bond motifs is 1. The van der Waals surface area contributed by atoms with Crippen molar-refractivity contribution >= 4 is 28.5 Å². The van der Waals surface area contributed by atoms with Crippen molar-refractivity contribution in [2.24, 2.45) is 5.73 Å². The van der Waals surface area contributed by atoms with Gasteiger partial charge in [0.25, 0.3) is 0 Å². The molecule has 0 aliphatic carbocycles. The van der Waals surface area contributed by atoms with Crippen LogP contribution in [0.4, 0.5) is 26.3 Å². The summed E-state index contributed by atoms with van der Waals surface area (Å²) in [6.45, 7) is 0. The van der Waals surface area contributed by atoms with Crippen LogP contribution in [0.2, 0.25) is 0 Å². The third-order valence-corrected chi connectivity index (χ3v) is 4.83. The lowest BCUT2D eigenvalue weighted by molar-refractivity contribution is -0.143.